The number of ether oxygens (including phenoxy) is 2. The first-order valence-electron chi connectivity index (χ1n) is 11.7. The second-order valence-electron chi connectivity index (χ2n) is 8.98. The highest BCUT2D eigenvalue weighted by Gasteiger charge is 2.65. The fourth-order valence-electron chi connectivity index (χ4n) is 5.66. The monoisotopic (exact) mass is 481 g/mol. The van der Waals surface area contributed by atoms with Crippen LogP contribution in [0.3, 0.4) is 0 Å². The van der Waals surface area contributed by atoms with Crippen LogP contribution < -0.4 is 14.4 Å². The number of benzene rings is 3. The molecular weight excluding hydrogens is 458 g/mol. The summed E-state index contributed by atoms with van der Waals surface area (Å²) in [7, 11) is 3.02. The summed E-state index contributed by atoms with van der Waals surface area (Å²) in [5, 5.41) is 6.24. The molecule has 3 aromatic rings. The Hall–Kier alpha value is -4.46. The van der Waals surface area contributed by atoms with Gasteiger partial charge in [0.1, 0.15) is 6.04 Å². The molecule has 2 saturated heterocycles. The quantitative estimate of drug-likeness (QED) is 0.410. The number of ketones is 1. The number of fused-ring (bicyclic) bond motifs is 5. The van der Waals surface area contributed by atoms with Crippen LogP contribution in [0.2, 0.25) is 0 Å². The number of hydrogen-bond acceptors (Lipinski definition) is 7. The molecule has 8 heteroatoms. The fraction of sp³-hybridized carbons (Fsp3) is 0.214. The molecule has 4 atom stereocenters. The Labute approximate surface area is 207 Å². The van der Waals surface area contributed by atoms with E-state index < -0.39 is 29.8 Å². The molecule has 0 N–H and O–H groups in total. The lowest BCUT2D eigenvalue weighted by molar-refractivity contribution is -0.124. The molecule has 36 heavy (non-hydrogen) atoms. The Morgan fingerprint density at radius 3 is 2.28 bits per heavy atom. The third-order valence-electron chi connectivity index (χ3n) is 7.24. The largest absolute Gasteiger partial charge is 0.493 e. The molecule has 2 fully saturated rings. The van der Waals surface area contributed by atoms with Crippen LogP contribution in [0.25, 0.3) is 0 Å². The summed E-state index contributed by atoms with van der Waals surface area (Å²) < 4.78 is 10.7. The van der Waals surface area contributed by atoms with Crippen molar-refractivity contribution in [2.45, 2.75) is 12.1 Å². The predicted octanol–water partition coefficient (Wildman–Crippen LogP) is 3.47. The van der Waals surface area contributed by atoms with Crippen molar-refractivity contribution in [1.29, 1.82) is 0 Å². The number of hydrogen-bond donors (Lipinski definition) is 0. The van der Waals surface area contributed by atoms with E-state index in [-0.39, 0.29) is 11.7 Å². The highest BCUT2D eigenvalue weighted by Crippen LogP contribution is 2.53. The van der Waals surface area contributed by atoms with Gasteiger partial charge in [-0.3, -0.25) is 19.4 Å². The molecule has 2 amide bonds. The number of methoxy groups -OCH3 is 2. The van der Waals surface area contributed by atoms with E-state index in [1.54, 1.807) is 53.7 Å². The van der Waals surface area contributed by atoms with Crippen LogP contribution in [-0.2, 0) is 9.59 Å². The number of amides is 2. The number of hydrazone groups is 1. The molecule has 6 rings (SSSR count). The molecule has 3 aliphatic rings. The average molecular weight is 482 g/mol. The van der Waals surface area contributed by atoms with Gasteiger partial charge in [0.2, 0.25) is 11.8 Å². The molecular formula is C28H23N3O5. The molecule has 3 aliphatic heterocycles. The molecule has 0 aliphatic carbocycles. The van der Waals surface area contributed by atoms with Gasteiger partial charge in [-0.05, 0) is 41.5 Å². The standard InChI is InChI=1S/C28H23N3O5/c1-35-20-13-12-16(14-21(20)36-2)26(32)25-23-22(24-19-11-7-6-8-17(19)15-29-31(24)25)27(33)30(28(23)34)18-9-4-3-5-10-18/h3-15,22-25H,1-2H3/t22-,23+,24-,25-/m0/s1. The van der Waals surface area contributed by atoms with Crippen molar-refractivity contribution in [1.82, 2.24) is 5.01 Å². The van der Waals surface area contributed by atoms with Gasteiger partial charge >= 0.3 is 0 Å². The van der Waals surface area contributed by atoms with Gasteiger partial charge in [-0.2, -0.15) is 5.10 Å². The molecule has 0 spiro atoms. The number of nitrogens with zero attached hydrogens (tertiary/aromatic N) is 3. The summed E-state index contributed by atoms with van der Waals surface area (Å²) in [6.07, 6.45) is 1.69. The van der Waals surface area contributed by atoms with Gasteiger partial charge in [-0.1, -0.05) is 42.5 Å². The second kappa shape index (κ2) is 8.34. The first-order valence-corrected chi connectivity index (χ1v) is 11.7. The van der Waals surface area contributed by atoms with Gasteiger partial charge in [0, 0.05) is 5.56 Å². The number of para-hydroxylation sites is 1. The SMILES string of the molecule is COc1ccc(C(=O)[C@@H]2[C@@H]3C(=O)N(c4ccccc4)C(=O)[C@@H]3[C@@H]3c4ccccc4C=NN23)cc1OC. The van der Waals surface area contributed by atoms with E-state index in [9.17, 15) is 14.4 Å². The van der Waals surface area contributed by atoms with Gasteiger partial charge in [0.05, 0.1) is 44.0 Å². The van der Waals surface area contributed by atoms with Gasteiger partial charge in [-0.15, -0.1) is 0 Å². The molecule has 0 unspecified atom stereocenters. The van der Waals surface area contributed by atoms with Gasteiger partial charge in [0.25, 0.3) is 0 Å². The first kappa shape index (κ1) is 22.0. The Morgan fingerprint density at radius 2 is 1.53 bits per heavy atom. The van der Waals surface area contributed by atoms with E-state index in [0.29, 0.717) is 22.7 Å². The number of imide groups is 1. The van der Waals surface area contributed by atoms with E-state index in [1.165, 1.54) is 19.1 Å². The summed E-state index contributed by atoms with van der Waals surface area (Å²) in [4.78, 5) is 42.9. The van der Waals surface area contributed by atoms with Crippen LogP contribution >= 0.6 is 0 Å². The summed E-state index contributed by atoms with van der Waals surface area (Å²) in [6.45, 7) is 0. The summed E-state index contributed by atoms with van der Waals surface area (Å²) in [5.74, 6) is -1.75. The van der Waals surface area contributed by atoms with Crippen LogP contribution in [0.4, 0.5) is 5.69 Å². The third kappa shape index (κ3) is 3.07. The van der Waals surface area contributed by atoms with Crippen molar-refractivity contribution in [3.8, 4) is 11.5 Å². The van der Waals surface area contributed by atoms with Crippen molar-refractivity contribution in [3.63, 3.8) is 0 Å². The Balaban J connectivity index is 1.49. The van der Waals surface area contributed by atoms with E-state index in [1.807, 2.05) is 30.3 Å². The molecule has 3 aromatic carbocycles. The Kier molecular flexibility index (Phi) is 5.10. The molecule has 0 radical (unpaired) electrons. The number of carbonyl (C=O) groups is 3. The Morgan fingerprint density at radius 1 is 0.833 bits per heavy atom. The minimum atomic E-state index is -0.951. The average Bonchev–Trinajstić information content (AvgIpc) is 3.40. The maximum Gasteiger partial charge on any atom is 0.240 e. The van der Waals surface area contributed by atoms with Crippen molar-refractivity contribution in [2.75, 3.05) is 19.1 Å². The molecule has 8 nitrogen and oxygen atoms in total. The topological polar surface area (TPSA) is 88.5 Å². The first-order chi connectivity index (χ1) is 17.5. The van der Waals surface area contributed by atoms with E-state index >= 15 is 0 Å². The highest BCUT2D eigenvalue weighted by molar-refractivity contribution is 6.24. The van der Waals surface area contributed by atoms with E-state index in [0.717, 1.165) is 11.1 Å². The number of Topliss-reactive ketones (excluding diaryl/α,β-unsaturated/α-hetero) is 1. The van der Waals surface area contributed by atoms with Gasteiger partial charge < -0.3 is 9.47 Å². The lowest BCUT2D eigenvalue weighted by Gasteiger charge is -2.33. The number of rotatable bonds is 5. The minimum absolute atomic E-state index is 0.305. The summed E-state index contributed by atoms with van der Waals surface area (Å²) in [6, 6.07) is 19.9. The van der Waals surface area contributed by atoms with Crippen LogP contribution in [0, 0.1) is 11.8 Å². The summed E-state index contributed by atoms with van der Waals surface area (Å²) in [5.41, 5.74) is 2.60. The maximum absolute atomic E-state index is 14.0. The zero-order chi connectivity index (χ0) is 25.0. The molecule has 0 saturated carbocycles. The number of carbonyl (C=O) groups excluding carboxylic acids is 3. The maximum atomic E-state index is 14.0. The zero-order valence-corrected chi connectivity index (χ0v) is 19.7. The van der Waals surface area contributed by atoms with Crippen LogP contribution in [0.15, 0.2) is 77.9 Å². The molecule has 0 aromatic heterocycles. The van der Waals surface area contributed by atoms with Crippen molar-refractivity contribution in [2.24, 2.45) is 16.9 Å². The zero-order valence-electron chi connectivity index (χ0n) is 19.7. The molecule has 180 valence electrons. The van der Waals surface area contributed by atoms with Gasteiger partial charge in [-0.25, -0.2) is 4.90 Å². The Bertz CT molecular complexity index is 1420. The second-order valence-corrected chi connectivity index (χ2v) is 8.98. The fourth-order valence-corrected chi connectivity index (χ4v) is 5.66. The van der Waals surface area contributed by atoms with Crippen molar-refractivity contribution >= 4 is 29.5 Å². The lowest BCUT2D eigenvalue weighted by Crippen LogP contribution is -2.44. The number of anilines is 1. The minimum Gasteiger partial charge on any atom is -0.493 e. The van der Waals surface area contributed by atoms with Crippen molar-refractivity contribution in [3.05, 3.63) is 89.5 Å². The van der Waals surface area contributed by atoms with Crippen LogP contribution in [0.1, 0.15) is 27.5 Å². The van der Waals surface area contributed by atoms with Crippen molar-refractivity contribution < 1.29 is 23.9 Å². The lowest BCUT2D eigenvalue weighted by atomic mass is 9.83. The van der Waals surface area contributed by atoms with Crippen LogP contribution in [-0.4, -0.2) is 49.1 Å². The van der Waals surface area contributed by atoms with Crippen LogP contribution in [0.5, 0.6) is 11.5 Å². The highest BCUT2D eigenvalue weighted by atomic mass is 16.5. The molecule has 0 bridgehead atoms. The van der Waals surface area contributed by atoms with E-state index in [4.69, 9.17) is 9.47 Å². The smallest absolute Gasteiger partial charge is 0.240 e. The third-order valence-corrected chi connectivity index (χ3v) is 7.24. The molecule has 3 heterocycles. The predicted molar refractivity (Wildman–Crippen MR) is 132 cm³/mol. The summed E-state index contributed by atoms with van der Waals surface area (Å²) >= 11 is 0. The van der Waals surface area contributed by atoms with Gasteiger partial charge in [0.15, 0.2) is 17.3 Å². The van der Waals surface area contributed by atoms with E-state index in [2.05, 4.69) is 5.10 Å². The normalized spacial score (nSPS) is 23.8.